The highest BCUT2D eigenvalue weighted by Gasteiger charge is 2.15. The van der Waals surface area contributed by atoms with Gasteiger partial charge in [-0.25, -0.2) is 0 Å². The zero-order chi connectivity index (χ0) is 9.26. The lowest BCUT2D eigenvalue weighted by atomic mass is 10.1. The molecule has 0 aromatic heterocycles. The molecule has 0 aliphatic heterocycles. The van der Waals surface area contributed by atoms with E-state index in [-0.39, 0.29) is 0 Å². The summed E-state index contributed by atoms with van der Waals surface area (Å²) in [5, 5.41) is 8.57. The van der Waals surface area contributed by atoms with Crippen molar-refractivity contribution in [2.45, 2.75) is 12.8 Å². The van der Waals surface area contributed by atoms with Crippen molar-refractivity contribution >= 4 is 21.5 Å². The van der Waals surface area contributed by atoms with Crippen LogP contribution in [0.4, 0.5) is 0 Å². The molecule has 0 saturated carbocycles. The molecule has 0 fully saturated rings. The highest BCUT2D eigenvalue weighted by Crippen LogP contribution is 2.33. The minimum absolute atomic E-state index is 0.999. The highest BCUT2D eigenvalue weighted by atomic mass is 79.9. The molecule has 1 aromatic carbocycles. The summed E-state index contributed by atoms with van der Waals surface area (Å²) in [5.74, 6) is 0. The number of halogens is 1. The molecule has 1 aromatic rings. The van der Waals surface area contributed by atoms with E-state index in [4.69, 9.17) is 5.26 Å². The molecule has 0 radical (unpaired) electrons. The summed E-state index contributed by atoms with van der Waals surface area (Å²) in [4.78, 5) is 0. The number of nitrogens with zero attached hydrogens (tertiary/aromatic N) is 1. The summed E-state index contributed by atoms with van der Waals surface area (Å²) in [6.07, 6.45) is 3.71. The Balaban J connectivity index is 2.51. The van der Waals surface area contributed by atoms with Crippen molar-refractivity contribution in [2.75, 3.05) is 0 Å². The van der Waals surface area contributed by atoms with Gasteiger partial charge in [0.2, 0.25) is 0 Å². The molecule has 0 amide bonds. The third-order valence-electron chi connectivity index (χ3n) is 2.32. The van der Waals surface area contributed by atoms with Crippen molar-refractivity contribution in [3.63, 3.8) is 0 Å². The molecular formula is C11H8BrN. The van der Waals surface area contributed by atoms with Crippen molar-refractivity contribution < 1.29 is 0 Å². The normalized spacial score (nSPS) is 17.1. The molecule has 2 heteroatoms. The van der Waals surface area contributed by atoms with Crippen LogP contribution in [0.25, 0.3) is 5.57 Å². The zero-order valence-electron chi connectivity index (χ0n) is 7.05. The second kappa shape index (κ2) is 3.35. The third-order valence-corrected chi connectivity index (χ3v) is 2.81. The predicted octanol–water partition coefficient (Wildman–Crippen LogP) is 3.30. The van der Waals surface area contributed by atoms with Crippen LogP contribution >= 0.6 is 15.9 Å². The topological polar surface area (TPSA) is 23.8 Å². The summed E-state index contributed by atoms with van der Waals surface area (Å²) >= 11 is 3.44. The Hall–Kier alpha value is -1.07. The molecule has 0 spiro atoms. The van der Waals surface area contributed by atoms with Gasteiger partial charge in [-0.05, 0) is 41.7 Å². The Labute approximate surface area is 85.8 Å². The molecule has 0 bridgehead atoms. The quantitative estimate of drug-likeness (QED) is 0.632. The van der Waals surface area contributed by atoms with Gasteiger partial charge in [0.25, 0.3) is 0 Å². The first-order valence-electron chi connectivity index (χ1n) is 4.19. The van der Waals surface area contributed by atoms with Gasteiger partial charge in [-0.2, -0.15) is 5.26 Å². The van der Waals surface area contributed by atoms with Crippen LogP contribution in [-0.4, -0.2) is 0 Å². The summed E-state index contributed by atoms with van der Waals surface area (Å²) < 4.78 is 1.12. The predicted molar refractivity (Wildman–Crippen MR) is 56.1 cm³/mol. The molecular weight excluding hydrogens is 226 g/mol. The molecule has 2 rings (SSSR count). The van der Waals surface area contributed by atoms with E-state index in [0.29, 0.717) is 0 Å². The van der Waals surface area contributed by atoms with Gasteiger partial charge in [-0.3, -0.25) is 0 Å². The Kier molecular flexibility index (Phi) is 2.20. The van der Waals surface area contributed by atoms with Crippen molar-refractivity contribution in [1.82, 2.24) is 0 Å². The number of hydrogen-bond acceptors (Lipinski definition) is 1. The van der Waals surface area contributed by atoms with Crippen molar-refractivity contribution in [3.8, 4) is 6.07 Å². The molecule has 13 heavy (non-hydrogen) atoms. The fourth-order valence-electron chi connectivity index (χ4n) is 1.71. The average Bonchev–Trinajstić information content (AvgIpc) is 2.49. The highest BCUT2D eigenvalue weighted by molar-refractivity contribution is 9.10. The van der Waals surface area contributed by atoms with Crippen LogP contribution in [0.15, 0.2) is 28.7 Å². The maximum absolute atomic E-state index is 8.57. The van der Waals surface area contributed by atoms with Crippen LogP contribution in [-0.2, 0) is 6.42 Å². The Bertz CT molecular complexity index is 413. The Morgan fingerprint density at radius 2 is 2.23 bits per heavy atom. The summed E-state index contributed by atoms with van der Waals surface area (Å²) in [6, 6.07) is 8.33. The van der Waals surface area contributed by atoms with Crippen molar-refractivity contribution in [1.29, 1.82) is 5.26 Å². The van der Waals surface area contributed by atoms with E-state index >= 15 is 0 Å². The van der Waals surface area contributed by atoms with Gasteiger partial charge in [0.05, 0.1) is 6.07 Å². The minimum atomic E-state index is 0.999. The van der Waals surface area contributed by atoms with Gasteiger partial charge in [0.15, 0.2) is 0 Å². The molecule has 1 aliphatic carbocycles. The number of hydrogen-bond donors (Lipinski definition) is 0. The Morgan fingerprint density at radius 1 is 1.38 bits per heavy atom. The molecule has 0 heterocycles. The van der Waals surface area contributed by atoms with Crippen LogP contribution in [0.5, 0.6) is 0 Å². The lowest BCUT2D eigenvalue weighted by Crippen LogP contribution is -1.79. The SMILES string of the molecule is N#C/C=C1\CCc2cc(Br)ccc21. The maximum Gasteiger partial charge on any atom is 0.0915 e. The smallest absolute Gasteiger partial charge is 0.0915 e. The number of allylic oxidation sites excluding steroid dienone is 2. The fraction of sp³-hybridized carbons (Fsp3) is 0.182. The second-order valence-electron chi connectivity index (χ2n) is 3.10. The van der Waals surface area contributed by atoms with E-state index in [0.717, 1.165) is 17.3 Å². The number of benzene rings is 1. The monoisotopic (exact) mass is 233 g/mol. The van der Waals surface area contributed by atoms with Gasteiger partial charge in [-0.15, -0.1) is 0 Å². The molecule has 64 valence electrons. The van der Waals surface area contributed by atoms with Crippen LogP contribution in [0, 0.1) is 11.3 Å². The van der Waals surface area contributed by atoms with Gasteiger partial charge >= 0.3 is 0 Å². The summed E-state index contributed by atoms with van der Waals surface area (Å²) in [6.45, 7) is 0. The average molecular weight is 234 g/mol. The third kappa shape index (κ3) is 1.52. The lowest BCUT2D eigenvalue weighted by Gasteiger charge is -1.99. The Morgan fingerprint density at radius 3 is 3.00 bits per heavy atom. The van der Waals surface area contributed by atoms with Crippen molar-refractivity contribution in [2.24, 2.45) is 0 Å². The van der Waals surface area contributed by atoms with E-state index in [9.17, 15) is 0 Å². The molecule has 0 unspecified atom stereocenters. The molecule has 1 nitrogen and oxygen atoms in total. The first-order chi connectivity index (χ1) is 6.31. The lowest BCUT2D eigenvalue weighted by molar-refractivity contribution is 1.08. The van der Waals surface area contributed by atoms with E-state index < -0.39 is 0 Å². The number of nitriles is 1. The summed E-state index contributed by atoms with van der Waals surface area (Å²) in [7, 11) is 0. The van der Waals surface area contributed by atoms with E-state index in [1.54, 1.807) is 6.08 Å². The van der Waals surface area contributed by atoms with Crippen molar-refractivity contribution in [3.05, 3.63) is 39.9 Å². The molecule has 1 aliphatic rings. The van der Waals surface area contributed by atoms with Gasteiger partial charge in [0, 0.05) is 10.5 Å². The first kappa shape index (κ1) is 8.52. The largest absolute Gasteiger partial charge is 0.193 e. The van der Waals surface area contributed by atoms with E-state index in [1.807, 2.05) is 6.07 Å². The molecule has 0 N–H and O–H groups in total. The maximum atomic E-state index is 8.57. The zero-order valence-corrected chi connectivity index (χ0v) is 8.63. The van der Waals surface area contributed by atoms with E-state index in [2.05, 4.69) is 34.1 Å². The van der Waals surface area contributed by atoms with E-state index in [1.165, 1.54) is 16.7 Å². The van der Waals surface area contributed by atoms with Crippen LogP contribution in [0.1, 0.15) is 17.5 Å². The van der Waals surface area contributed by atoms with Gasteiger partial charge in [0.1, 0.15) is 0 Å². The second-order valence-corrected chi connectivity index (χ2v) is 4.02. The van der Waals surface area contributed by atoms with Crippen LogP contribution < -0.4 is 0 Å². The molecule has 0 saturated heterocycles. The minimum Gasteiger partial charge on any atom is -0.193 e. The first-order valence-corrected chi connectivity index (χ1v) is 4.98. The number of fused-ring (bicyclic) bond motifs is 1. The fourth-order valence-corrected chi connectivity index (χ4v) is 2.12. The standard InChI is InChI=1S/C11H8BrN/c12-10-3-4-11-8(5-6-13)1-2-9(11)7-10/h3-5,7H,1-2H2/b8-5+. The van der Waals surface area contributed by atoms with Crippen LogP contribution in [0.3, 0.4) is 0 Å². The number of aryl methyl sites for hydroxylation is 1. The molecule has 0 atom stereocenters. The van der Waals surface area contributed by atoms with Gasteiger partial charge in [-0.1, -0.05) is 22.0 Å². The summed E-state index contributed by atoms with van der Waals surface area (Å²) in [5.41, 5.74) is 3.76. The van der Waals surface area contributed by atoms with Gasteiger partial charge < -0.3 is 0 Å². The number of rotatable bonds is 0. The van der Waals surface area contributed by atoms with Crippen LogP contribution in [0.2, 0.25) is 0 Å².